The fourth-order valence-electron chi connectivity index (χ4n) is 2.15. The minimum absolute atomic E-state index is 0.592. The average molecular weight is 300 g/mol. The Kier molecular flexibility index (Phi) is 2.78. The normalized spacial score (nSPS) is 14.6. The molecule has 0 radical (unpaired) electrons. The molecular weight excluding hydrogens is 288 g/mol. The number of pyridine rings is 1. The molecular formula is C14H12N4S2. The summed E-state index contributed by atoms with van der Waals surface area (Å²) in [5.41, 5.74) is 8.96. The zero-order chi connectivity index (χ0) is 13.5. The highest BCUT2D eigenvalue weighted by Gasteiger charge is 2.31. The molecule has 2 N–H and O–H groups in total. The first-order valence-electron chi connectivity index (χ1n) is 6.44. The second kappa shape index (κ2) is 4.64. The molecule has 0 amide bonds. The molecule has 0 unspecified atom stereocenters. The summed E-state index contributed by atoms with van der Waals surface area (Å²) in [7, 11) is 0. The van der Waals surface area contributed by atoms with Crippen molar-refractivity contribution in [3.8, 4) is 21.1 Å². The van der Waals surface area contributed by atoms with Crippen LogP contribution in [0.2, 0.25) is 0 Å². The molecule has 0 spiro atoms. The van der Waals surface area contributed by atoms with Crippen molar-refractivity contribution in [3.05, 3.63) is 35.6 Å². The van der Waals surface area contributed by atoms with Crippen LogP contribution in [0.3, 0.4) is 0 Å². The first-order chi connectivity index (χ1) is 9.81. The molecule has 0 aromatic carbocycles. The number of aromatic nitrogens is 3. The Morgan fingerprint density at radius 2 is 2.15 bits per heavy atom. The van der Waals surface area contributed by atoms with Crippen molar-refractivity contribution < 1.29 is 0 Å². The number of nitrogens with two attached hydrogens (primary N) is 1. The van der Waals surface area contributed by atoms with Gasteiger partial charge >= 0.3 is 0 Å². The smallest absolute Gasteiger partial charge is 0.180 e. The van der Waals surface area contributed by atoms with Crippen LogP contribution in [0.1, 0.15) is 24.5 Å². The van der Waals surface area contributed by atoms with Crippen LogP contribution >= 0.6 is 22.7 Å². The predicted molar refractivity (Wildman–Crippen MR) is 82.8 cm³/mol. The first kappa shape index (κ1) is 12.0. The van der Waals surface area contributed by atoms with Crippen molar-refractivity contribution in [2.45, 2.75) is 18.8 Å². The molecule has 100 valence electrons. The largest absolute Gasteiger partial charge is 0.375 e. The van der Waals surface area contributed by atoms with Crippen molar-refractivity contribution in [3.63, 3.8) is 0 Å². The second-order valence-corrected chi connectivity index (χ2v) is 6.71. The number of rotatable bonds is 3. The fraction of sp³-hybridized carbons (Fsp3) is 0.214. The summed E-state index contributed by atoms with van der Waals surface area (Å²) in [4.78, 5) is 14.6. The molecule has 3 heterocycles. The van der Waals surface area contributed by atoms with Gasteiger partial charge in [0.15, 0.2) is 5.13 Å². The van der Waals surface area contributed by atoms with Crippen LogP contribution in [-0.4, -0.2) is 15.0 Å². The highest BCUT2D eigenvalue weighted by molar-refractivity contribution is 7.19. The summed E-state index contributed by atoms with van der Waals surface area (Å²) in [5.74, 6) is 0.592. The summed E-state index contributed by atoms with van der Waals surface area (Å²) in [6.45, 7) is 0. The third-order valence-electron chi connectivity index (χ3n) is 3.28. The van der Waals surface area contributed by atoms with E-state index in [4.69, 9.17) is 10.7 Å². The van der Waals surface area contributed by atoms with Crippen LogP contribution < -0.4 is 5.73 Å². The van der Waals surface area contributed by atoms with E-state index in [-0.39, 0.29) is 0 Å². The van der Waals surface area contributed by atoms with Gasteiger partial charge in [0.25, 0.3) is 0 Å². The number of nitrogen functional groups attached to an aromatic ring is 1. The third kappa shape index (κ3) is 2.10. The molecule has 0 atom stereocenters. The van der Waals surface area contributed by atoms with Crippen molar-refractivity contribution in [1.82, 2.24) is 15.0 Å². The molecule has 4 rings (SSSR count). The van der Waals surface area contributed by atoms with Crippen molar-refractivity contribution >= 4 is 27.8 Å². The van der Waals surface area contributed by atoms with Gasteiger partial charge in [-0.3, -0.25) is 4.98 Å². The van der Waals surface area contributed by atoms with Gasteiger partial charge in [0.2, 0.25) is 0 Å². The lowest BCUT2D eigenvalue weighted by molar-refractivity contribution is 1.05. The second-order valence-electron chi connectivity index (χ2n) is 4.82. The van der Waals surface area contributed by atoms with Gasteiger partial charge in [-0.2, -0.15) is 0 Å². The molecule has 6 heteroatoms. The Morgan fingerprint density at radius 3 is 2.80 bits per heavy atom. The zero-order valence-electron chi connectivity index (χ0n) is 10.6. The Morgan fingerprint density at radius 1 is 1.25 bits per heavy atom. The Labute approximate surface area is 124 Å². The Hall–Kier alpha value is -1.79. The Balaban J connectivity index is 1.83. The number of hydrogen-bond acceptors (Lipinski definition) is 6. The van der Waals surface area contributed by atoms with E-state index in [9.17, 15) is 0 Å². The zero-order valence-corrected chi connectivity index (χ0v) is 12.2. The van der Waals surface area contributed by atoms with Crippen LogP contribution in [0.25, 0.3) is 21.1 Å². The topological polar surface area (TPSA) is 64.7 Å². The molecule has 0 bridgehead atoms. The van der Waals surface area contributed by atoms with Gasteiger partial charge in [0, 0.05) is 29.3 Å². The van der Waals surface area contributed by atoms with Gasteiger partial charge in [-0.25, -0.2) is 9.97 Å². The molecule has 4 nitrogen and oxygen atoms in total. The van der Waals surface area contributed by atoms with Crippen LogP contribution in [0, 0.1) is 0 Å². The summed E-state index contributed by atoms with van der Waals surface area (Å²) in [6.07, 6.45) is 6.08. The van der Waals surface area contributed by atoms with Gasteiger partial charge in [-0.1, -0.05) is 0 Å². The molecule has 1 fully saturated rings. The molecule has 3 aromatic rings. The van der Waals surface area contributed by atoms with E-state index in [1.54, 1.807) is 17.5 Å². The minimum atomic E-state index is 0.592. The molecule has 20 heavy (non-hydrogen) atoms. The van der Waals surface area contributed by atoms with Gasteiger partial charge < -0.3 is 5.73 Å². The predicted octanol–water partition coefficient (Wildman–Crippen LogP) is 3.79. The first-order valence-corrected chi connectivity index (χ1v) is 8.13. The van der Waals surface area contributed by atoms with E-state index in [1.807, 2.05) is 23.7 Å². The van der Waals surface area contributed by atoms with E-state index in [2.05, 4.69) is 9.97 Å². The summed E-state index contributed by atoms with van der Waals surface area (Å²) >= 11 is 3.16. The van der Waals surface area contributed by atoms with Crippen LogP contribution in [0.4, 0.5) is 5.13 Å². The van der Waals surface area contributed by atoms with E-state index in [0.717, 1.165) is 16.3 Å². The standard InChI is InChI=1S/C14H12N4S2/c15-14-17-10(7-19-14)12-11(8-3-4-8)18-13(20-12)9-2-1-5-16-6-9/h1-2,5-8H,3-4H2,(H2,15,17). The molecule has 0 aliphatic heterocycles. The number of thiazole rings is 2. The lowest BCUT2D eigenvalue weighted by Gasteiger charge is -1.94. The molecule has 0 saturated heterocycles. The van der Waals surface area contributed by atoms with E-state index >= 15 is 0 Å². The summed E-state index contributed by atoms with van der Waals surface area (Å²) in [6, 6.07) is 3.98. The maximum absolute atomic E-state index is 5.76. The maximum atomic E-state index is 5.76. The van der Waals surface area contributed by atoms with Crippen molar-refractivity contribution in [2.24, 2.45) is 0 Å². The third-order valence-corrected chi connectivity index (χ3v) is 5.10. The number of anilines is 1. The average Bonchev–Trinajstić information content (AvgIpc) is 3.08. The lowest BCUT2D eigenvalue weighted by Crippen LogP contribution is -1.86. The number of hydrogen-bond donors (Lipinski definition) is 1. The molecule has 3 aromatic heterocycles. The molecule has 1 aliphatic rings. The lowest BCUT2D eigenvalue weighted by atomic mass is 10.2. The number of nitrogens with zero attached hydrogens (tertiary/aromatic N) is 3. The van der Waals surface area contributed by atoms with Crippen LogP contribution in [-0.2, 0) is 0 Å². The van der Waals surface area contributed by atoms with Gasteiger partial charge in [0.1, 0.15) is 5.01 Å². The van der Waals surface area contributed by atoms with Gasteiger partial charge in [-0.05, 0) is 25.0 Å². The summed E-state index contributed by atoms with van der Waals surface area (Å²) < 4.78 is 0. The molecule has 1 aliphatic carbocycles. The van der Waals surface area contributed by atoms with Crippen molar-refractivity contribution in [2.75, 3.05) is 5.73 Å². The fourth-order valence-corrected chi connectivity index (χ4v) is 3.88. The van der Waals surface area contributed by atoms with E-state index in [0.29, 0.717) is 11.0 Å². The highest BCUT2D eigenvalue weighted by atomic mass is 32.1. The van der Waals surface area contributed by atoms with E-state index in [1.165, 1.54) is 34.7 Å². The summed E-state index contributed by atoms with van der Waals surface area (Å²) in [5, 5.41) is 3.64. The highest BCUT2D eigenvalue weighted by Crippen LogP contribution is 2.47. The van der Waals surface area contributed by atoms with Gasteiger partial charge in [0.05, 0.1) is 16.3 Å². The minimum Gasteiger partial charge on any atom is -0.375 e. The van der Waals surface area contributed by atoms with Crippen LogP contribution in [0.15, 0.2) is 29.9 Å². The van der Waals surface area contributed by atoms with Crippen molar-refractivity contribution in [1.29, 1.82) is 0 Å². The quantitative estimate of drug-likeness (QED) is 0.799. The van der Waals surface area contributed by atoms with E-state index < -0.39 is 0 Å². The molecule has 1 saturated carbocycles. The van der Waals surface area contributed by atoms with Gasteiger partial charge in [-0.15, -0.1) is 22.7 Å². The monoisotopic (exact) mass is 300 g/mol. The SMILES string of the molecule is Nc1nc(-c2sc(-c3cccnc3)nc2C2CC2)cs1. The maximum Gasteiger partial charge on any atom is 0.180 e. The Bertz CT molecular complexity index is 744. The van der Waals surface area contributed by atoms with Crippen LogP contribution in [0.5, 0.6) is 0 Å².